The zero-order valence-corrected chi connectivity index (χ0v) is 13.7. The van der Waals surface area contributed by atoms with Crippen molar-refractivity contribution >= 4 is 11.9 Å². The molecule has 0 atom stereocenters. The van der Waals surface area contributed by atoms with Crippen molar-refractivity contribution in [1.29, 1.82) is 0 Å². The first-order valence-electron chi connectivity index (χ1n) is 8.10. The van der Waals surface area contributed by atoms with Crippen LogP contribution in [0.3, 0.4) is 0 Å². The zero-order valence-electron chi connectivity index (χ0n) is 13.7. The maximum absolute atomic E-state index is 12.1. The summed E-state index contributed by atoms with van der Waals surface area (Å²) in [5.41, 5.74) is 1.53. The number of hydrogen-bond acceptors (Lipinski definition) is 4. The van der Waals surface area contributed by atoms with Crippen LogP contribution in [0.4, 0.5) is 0 Å². The van der Waals surface area contributed by atoms with Crippen molar-refractivity contribution in [2.75, 3.05) is 13.2 Å². The molecule has 0 saturated carbocycles. The van der Waals surface area contributed by atoms with E-state index in [0.717, 1.165) is 12.0 Å². The Morgan fingerprint density at radius 2 is 1.80 bits per heavy atom. The summed E-state index contributed by atoms with van der Waals surface area (Å²) >= 11 is 0. The van der Waals surface area contributed by atoms with Gasteiger partial charge < -0.3 is 19.9 Å². The molecule has 1 heterocycles. The van der Waals surface area contributed by atoms with E-state index in [9.17, 15) is 9.59 Å². The Bertz CT molecular complexity index is 787. The van der Waals surface area contributed by atoms with Crippen LogP contribution in [0.25, 0.3) is 0 Å². The molecule has 0 bridgehead atoms. The van der Waals surface area contributed by atoms with Crippen molar-refractivity contribution in [3.8, 4) is 11.5 Å². The van der Waals surface area contributed by atoms with Gasteiger partial charge in [0.2, 0.25) is 5.91 Å². The van der Waals surface area contributed by atoms with Gasteiger partial charge in [-0.3, -0.25) is 4.79 Å². The van der Waals surface area contributed by atoms with Gasteiger partial charge in [-0.15, -0.1) is 0 Å². The number of ether oxygens (including phenoxy) is 2. The number of hydrogen-bond donors (Lipinski definition) is 2. The molecular weight excluding hydrogens is 322 g/mol. The summed E-state index contributed by atoms with van der Waals surface area (Å²) in [4.78, 5) is 23.3. The molecule has 3 rings (SSSR count). The fourth-order valence-corrected chi connectivity index (χ4v) is 2.64. The highest BCUT2D eigenvalue weighted by Crippen LogP contribution is 2.30. The lowest BCUT2D eigenvalue weighted by molar-refractivity contribution is -0.120. The number of aromatic carboxylic acids is 1. The monoisotopic (exact) mass is 341 g/mol. The zero-order chi connectivity index (χ0) is 17.6. The Labute approximate surface area is 145 Å². The van der Waals surface area contributed by atoms with Gasteiger partial charge in [-0.25, -0.2) is 4.79 Å². The first-order valence-corrected chi connectivity index (χ1v) is 8.10. The van der Waals surface area contributed by atoms with Crippen LogP contribution in [-0.4, -0.2) is 30.2 Å². The molecule has 0 saturated heterocycles. The molecule has 6 heteroatoms. The fourth-order valence-electron chi connectivity index (χ4n) is 2.64. The number of carboxylic acid groups (broad SMARTS) is 1. The Kier molecular flexibility index (Phi) is 5.18. The lowest BCUT2D eigenvalue weighted by atomic mass is 10.0. The van der Waals surface area contributed by atoms with Crippen LogP contribution in [0.5, 0.6) is 11.5 Å². The Balaban J connectivity index is 1.61. The van der Waals surface area contributed by atoms with E-state index >= 15 is 0 Å². The third-order valence-corrected chi connectivity index (χ3v) is 3.90. The fraction of sp³-hybridized carbons (Fsp3) is 0.263. The van der Waals surface area contributed by atoms with Crippen molar-refractivity contribution < 1.29 is 24.2 Å². The number of amides is 1. The van der Waals surface area contributed by atoms with E-state index in [4.69, 9.17) is 14.6 Å². The number of fused-ring (bicyclic) bond motifs is 1. The standard InChI is InChI=1S/C19H19NO5/c21-18(11-14-4-1-2-5-15(14)19(22)23)20-12-13-6-7-16-17(10-13)25-9-3-8-24-16/h1-2,4-7,10H,3,8-9,11-12H2,(H,20,21)(H,22,23). The van der Waals surface area contributed by atoms with E-state index in [1.807, 2.05) is 18.2 Å². The van der Waals surface area contributed by atoms with Crippen LogP contribution in [0, 0.1) is 0 Å². The van der Waals surface area contributed by atoms with Crippen LogP contribution in [0.1, 0.15) is 27.9 Å². The third-order valence-electron chi connectivity index (χ3n) is 3.90. The van der Waals surface area contributed by atoms with Crippen molar-refractivity contribution in [2.45, 2.75) is 19.4 Å². The molecule has 2 N–H and O–H groups in total. The molecule has 2 aromatic carbocycles. The van der Waals surface area contributed by atoms with Crippen LogP contribution >= 0.6 is 0 Å². The molecule has 6 nitrogen and oxygen atoms in total. The van der Waals surface area contributed by atoms with Gasteiger partial charge >= 0.3 is 5.97 Å². The van der Waals surface area contributed by atoms with Gasteiger partial charge in [0.15, 0.2) is 11.5 Å². The summed E-state index contributed by atoms with van der Waals surface area (Å²) in [6.07, 6.45) is 0.858. The Morgan fingerprint density at radius 3 is 2.60 bits per heavy atom. The lowest BCUT2D eigenvalue weighted by Gasteiger charge is -2.11. The van der Waals surface area contributed by atoms with E-state index < -0.39 is 5.97 Å². The lowest BCUT2D eigenvalue weighted by Crippen LogP contribution is -2.25. The quantitative estimate of drug-likeness (QED) is 0.872. The predicted octanol–water partition coefficient (Wildman–Crippen LogP) is 2.41. The van der Waals surface area contributed by atoms with Gasteiger partial charge in [0.05, 0.1) is 25.2 Å². The molecular formula is C19H19NO5. The number of benzene rings is 2. The average molecular weight is 341 g/mol. The summed E-state index contributed by atoms with van der Waals surface area (Å²) in [7, 11) is 0. The number of nitrogens with one attached hydrogen (secondary N) is 1. The normalized spacial score (nSPS) is 13.0. The second-order valence-corrected chi connectivity index (χ2v) is 5.75. The van der Waals surface area contributed by atoms with E-state index in [0.29, 0.717) is 36.8 Å². The molecule has 25 heavy (non-hydrogen) atoms. The molecule has 0 radical (unpaired) electrons. The smallest absolute Gasteiger partial charge is 0.335 e. The van der Waals surface area contributed by atoms with Gasteiger partial charge in [-0.05, 0) is 29.3 Å². The maximum Gasteiger partial charge on any atom is 0.335 e. The molecule has 1 aliphatic heterocycles. The summed E-state index contributed by atoms with van der Waals surface area (Å²) in [6, 6.07) is 12.1. The highest BCUT2D eigenvalue weighted by atomic mass is 16.5. The van der Waals surface area contributed by atoms with E-state index in [-0.39, 0.29) is 17.9 Å². The van der Waals surface area contributed by atoms with Crippen LogP contribution < -0.4 is 14.8 Å². The van der Waals surface area contributed by atoms with Gasteiger partial charge in [-0.1, -0.05) is 24.3 Å². The van der Waals surface area contributed by atoms with Gasteiger partial charge in [0, 0.05) is 13.0 Å². The van der Waals surface area contributed by atoms with E-state index in [1.165, 1.54) is 6.07 Å². The molecule has 0 fully saturated rings. The molecule has 0 aliphatic carbocycles. The molecule has 0 spiro atoms. The number of carbonyl (C=O) groups is 2. The second-order valence-electron chi connectivity index (χ2n) is 5.75. The van der Waals surface area contributed by atoms with Gasteiger partial charge in [-0.2, -0.15) is 0 Å². The molecule has 1 amide bonds. The van der Waals surface area contributed by atoms with Gasteiger partial charge in [0.1, 0.15) is 0 Å². The minimum absolute atomic E-state index is 0.0209. The molecule has 0 unspecified atom stereocenters. The molecule has 0 aromatic heterocycles. The van der Waals surface area contributed by atoms with Crippen molar-refractivity contribution in [2.24, 2.45) is 0 Å². The summed E-state index contributed by atoms with van der Waals surface area (Å²) in [6.45, 7) is 1.57. The Hall–Kier alpha value is -3.02. The average Bonchev–Trinajstić information content (AvgIpc) is 2.85. The van der Waals surface area contributed by atoms with Gasteiger partial charge in [0.25, 0.3) is 0 Å². The summed E-state index contributed by atoms with van der Waals surface area (Å²) in [5, 5.41) is 12.0. The SMILES string of the molecule is O=C(Cc1ccccc1C(=O)O)NCc1ccc2c(c1)OCCCO2. The summed E-state index contributed by atoms with van der Waals surface area (Å²) < 4.78 is 11.2. The predicted molar refractivity (Wildman–Crippen MR) is 91.0 cm³/mol. The molecule has 2 aromatic rings. The first-order chi connectivity index (χ1) is 12.1. The van der Waals surface area contributed by atoms with Crippen LogP contribution in [0.2, 0.25) is 0 Å². The molecule has 130 valence electrons. The Morgan fingerprint density at radius 1 is 1.04 bits per heavy atom. The minimum atomic E-state index is -1.04. The third kappa shape index (κ3) is 4.29. The maximum atomic E-state index is 12.1. The van der Waals surface area contributed by atoms with E-state index in [1.54, 1.807) is 18.2 Å². The van der Waals surface area contributed by atoms with Crippen LogP contribution in [-0.2, 0) is 17.8 Å². The van der Waals surface area contributed by atoms with Crippen LogP contribution in [0.15, 0.2) is 42.5 Å². The number of carboxylic acids is 1. The molecule has 1 aliphatic rings. The largest absolute Gasteiger partial charge is 0.490 e. The highest BCUT2D eigenvalue weighted by molar-refractivity contribution is 5.91. The first kappa shape index (κ1) is 16.8. The minimum Gasteiger partial charge on any atom is -0.490 e. The summed E-state index contributed by atoms with van der Waals surface area (Å²) in [5.74, 6) is 0.121. The van der Waals surface area contributed by atoms with Crippen molar-refractivity contribution in [3.63, 3.8) is 0 Å². The van der Waals surface area contributed by atoms with Crippen molar-refractivity contribution in [3.05, 3.63) is 59.2 Å². The van der Waals surface area contributed by atoms with E-state index in [2.05, 4.69) is 5.32 Å². The number of rotatable bonds is 5. The topological polar surface area (TPSA) is 84.9 Å². The number of carbonyl (C=O) groups excluding carboxylic acids is 1. The second kappa shape index (κ2) is 7.70. The van der Waals surface area contributed by atoms with Crippen molar-refractivity contribution in [1.82, 2.24) is 5.32 Å². The highest BCUT2D eigenvalue weighted by Gasteiger charge is 2.13.